The second-order valence-corrected chi connectivity index (χ2v) is 8.65. The Morgan fingerprint density at radius 3 is 2.67 bits per heavy atom. The predicted molar refractivity (Wildman–Crippen MR) is 123 cm³/mol. The smallest absolute Gasteiger partial charge is 0.324 e. The molecule has 0 saturated carbocycles. The summed E-state index contributed by atoms with van der Waals surface area (Å²) in [6.07, 6.45) is 4.89. The van der Waals surface area contributed by atoms with Crippen LogP contribution in [0, 0.1) is 0 Å². The van der Waals surface area contributed by atoms with Crippen molar-refractivity contribution in [3.05, 3.63) is 24.5 Å². The van der Waals surface area contributed by atoms with Crippen LogP contribution >= 0.6 is 0 Å². The van der Waals surface area contributed by atoms with Crippen molar-refractivity contribution < 1.29 is 14.3 Å². The Hall–Kier alpha value is -3.60. The molecule has 0 atom stereocenters. The molecule has 2 saturated heterocycles. The quantitative estimate of drug-likeness (QED) is 0.553. The number of rotatable bonds is 3. The average molecular weight is 453 g/mol. The first-order valence-corrected chi connectivity index (χ1v) is 11.0. The van der Waals surface area contributed by atoms with Crippen LogP contribution in [0.15, 0.2) is 24.5 Å². The van der Waals surface area contributed by atoms with Crippen LogP contribution in [-0.2, 0) is 11.8 Å². The Bertz CT molecular complexity index is 1210. The molecule has 2 aliphatic heterocycles. The molecular weight excluding hydrogens is 424 g/mol. The number of hydrogen-bond donors (Lipinski definition) is 3. The molecule has 11 nitrogen and oxygen atoms in total. The minimum atomic E-state index is -0.527. The van der Waals surface area contributed by atoms with Gasteiger partial charge in [-0.25, -0.2) is 9.78 Å². The second kappa shape index (κ2) is 8.07. The summed E-state index contributed by atoms with van der Waals surface area (Å²) < 4.78 is 7.21. The number of fused-ring (bicyclic) bond motifs is 1. The number of piperazine rings is 1. The Morgan fingerprint density at radius 1 is 1.21 bits per heavy atom. The van der Waals surface area contributed by atoms with Gasteiger partial charge in [0.2, 0.25) is 11.9 Å². The first-order valence-electron chi connectivity index (χ1n) is 11.0. The number of likely N-dealkylation sites (N-methyl/N-ethyl adjacent to an activating group) is 1. The number of ether oxygens (including phenoxy) is 1. The van der Waals surface area contributed by atoms with Crippen molar-refractivity contribution in [2.45, 2.75) is 18.4 Å². The number of methoxy groups -OCH3 is 1. The molecule has 33 heavy (non-hydrogen) atoms. The summed E-state index contributed by atoms with van der Waals surface area (Å²) in [7, 11) is 5.44. The zero-order valence-electron chi connectivity index (χ0n) is 19.0. The maximum atomic E-state index is 13.0. The van der Waals surface area contributed by atoms with Gasteiger partial charge in [0.25, 0.3) is 0 Å². The van der Waals surface area contributed by atoms with Gasteiger partial charge in [-0.2, -0.15) is 5.10 Å². The Balaban J connectivity index is 1.35. The van der Waals surface area contributed by atoms with E-state index < -0.39 is 5.54 Å². The van der Waals surface area contributed by atoms with Crippen molar-refractivity contribution in [1.82, 2.24) is 34.9 Å². The number of urea groups is 1. The van der Waals surface area contributed by atoms with Crippen molar-refractivity contribution in [1.29, 1.82) is 0 Å². The van der Waals surface area contributed by atoms with E-state index in [1.54, 1.807) is 22.9 Å². The van der Waals surface area contributed by atoms with Gasteiger partial charge in [0.15, 0.2) is 0 Å². The summed E-state index contributed by atoms with van der Waals surface area (Å²) in [6, 6.07) is 3.55. The molecule has 2 fully saturated rings. The lowest BCUT2D eigenvalue weighted by molar-refractivity contribution is -0.139. The highest BCUT2D eigenvalue weighted by Gasteiger charge is 2.47. The molecule has 11 heteroatoms. The number of aromatic nitrogens is 4. The summed E-state index contributed by atoms with van der Waals surface area (Å²) in [5.41, 5.74) is 2.68. The molecule has 0 aliphatic carbocycles. The van der Waals surface area contributed by atoms with Crippen LogP contribution in [0.4, 0.5) is 10.7 Å². The Labute approximate surface area is 191 Å². The third kappa shape index (κ3) is 3.58. The van der Waals surface area contributed by atoms with Crippen molar-refractivity contribution in [3.8, 4) is 16.9 Å². The van der Waals surface area contributed by atoms with E-state index in [0.717, 1.165) is 17.7 Å². The van der Waals surface area contributed by atoms with Crippen molar-refractivity contribution in [2.24, 2.45) is 7.05 Å². The standard InChI is InChI=1S/C22H28N8O3/c1-28-11-8-23-19(31)22(28)6-9-30(10-7-22)21(32)27-20-25-17-15(14-12-24-29(2)13-14)4-5-16(33-3)18(17)26-20/h4-5,12-13H,6-11H2,1-3H3,(H,23,31)(H2,25,26,27,32). The zero-order chi connectivity index (χ0) is 23.2. The molecule has 2 aromatic heterocycles. The van der Waals surface area contributed by atoms with Gasteiger partial charge >= 0.3 is 6.03 Å². The fraction of sp³-hybridized carbons (Fsp3) is 0.455. The minimum absolute atomic E-state index is 0.0589. The first-order chi connectivity index (χ1) is 15.9. The van der Waals surface area contributed by atoms with Crippen LogP contribution in [0.1, 0.15) is 12.8 Å². The molecule has 4 heterocycles. The highest BCUT2D eigenvalue weighted by molar-refractivity contribution is 5.98. The summed E-state index contributed by atoms with van der Waals surface area (Å²) in [4.78, 5) is 37.2. The van der Waals surface area contributed by atoms with E-state index in [9.17, 15) is 9.59 Å². The van der Waals surface area contributed by atoms with Gasteiger partial charge in [-0.05, 0) is 32.0 Å². The van der Waals surface area contributed by atoms with E-state index in [0.29, 0.717) is 55.2 Å². The van der Waals surface area contributed by atoms with E-state index in [2.05, 4.69) is 30.6 Å². The van der Waals surface area contributed by atoms with Gasteiger partial charge in [-0.15, -0.1) is 0 Å². The van der Waals surface area contributed by atoms with Crippen molar-refractivity contribution in [3.63, 3.8) is 0 Å². The lowest BCUT2D eigenvalue weighted by atomic mass is 9.83. The number of benzene rings is 1. The first kappa shape index (κ1) is 21.3. The molecule has 3 N–H and O–H groups in total. The second-order valence-electron chi connectivity index (χ2n) is 8.65. The maximum absolute atomic E-state index is 13.0. The Morgan fingerprint density at radius 2 is 2.00 bits per heavy atom. The van der Waals surface area contributed by atoms with Crippen LogP contribution < -0.4 is 15.4 Å². The molecule has 174 valence electrons. The third-order valence-corrected chi connectivity index (χ3v) is 6.83. The predicted octanol–water partition coefficient (Wildman–Crippen LogP) is 1.40. The van der Waals surface area contributed by atoms with Gasteiger partial charge < -0.3 is 19.9 Å². The van der Waals surface area contributed by atoms with Crippen LogP contribution in [0.2, 0.25) is 0 Å². The molecule has 1 spiro atoms. The number of anilines is 1. The van der Waals surface area contributed by atoms with E-state index in [1.807, 2.05) is 32.4 Å². The van der Waals surface area contributed by atoms with E-state index >= 15 is 0 Å². The Kier molecular flexibility index (Phi) is 5.20. The summed E-state index contributed by atoms with van der Waals surface area (Å²) in [6.45, 7) is 2.47. The van der Waals surface area contributed by atoms with Crippen molar-refractivity contribution in [2.75, 3.05) is 45.7 Å². The number of aromatic amines is 1. The number of amides is 3. The molecule has 3 amide bonds. The molecule has 3 aromatic rings. The van der Waals surface area contributed by atoms with Crippen LogP contribution in [0.5, 0.6) is 5.75 Å². The van der Waals surface area contributed by atoms with E-state index in [4.69, 9.17) is 4.74 Å². The number of carbonyl (C=O) groups excluding carboxylic acids is 2. The number of piperidine rings is 1. The number of carbonyl (C=O) groups is 2. The molecule has 2 aliphatic rings. The monoisotopic (exact) mass is 452 g/mol. The molecule has 0 unspecified atom stereocenters. The van der Waals surface area contributed by atoms with Gasteiger partial charge in [-0.3, -0.25) is 19.7 Å². The lowest BCUT2D eigenvalue weighted by Crippen LogP contribution is -2.67. The lowest BCUT2D eigenvalue weighted by Gasteiger charge is -2.48. The molecular formula is C22H28N8O3. The summed E-state index contributed by atoms with van der Waals surface area (Å²) in [5, 5.41) is 10.1. The summed E-state index contributed by atoms with van der Waals surface area (Å²) in [5.74, 6) is 1.04. The van der Waals surface area contributed by atoms with Gasteiger partial charge in [-0.1, -0.05) is 0 Å². The highest BCUT2D eigenvalue weighted by atomic mass is 16.5. The highest BCUT2D eigenvalue weighted by Crippen LogP contribution is 2.34. The van der Waals surface area contributed by atoms with Crippen LogP contribution in [-0.4, -0.2) is 87.4 Å². The maximum Gasteiger partial charge on any atom is 0.324 e. The third-order valence-electron chi connectivity index (χ3n) is 6.83. The number of hydrogen-bond acceptors (Lipinski definition) is 6. The molecule has 1 aromatic carbocycles. The van der Waals surface area contributed by atoms with Crippen LogP contribution in [0.3, 0.4) is 0 Å². The number of likely N-dealkylation sites (tertiary alicyclic amines) is 1. The van der Waals surface area contributed by atoms with Gasteiger partial charge in [0.05, 0.1) is 13.3 Å². The average Bonchev–Trinajstić information content (AvgIpc) is 3.43. The number of imidazole rings is 1. The van der Waals surface area contributed by atoms with E-state index in [-0.39, 0.29) is 11.9 Å². The van der Waals surface area contributed by atoms with Gasteiger partial charge in [0.1, 0.15) is 22.3 Å². The summed E-state index contributed by atoms with van der Waals surface area (Å²) >= 11 is 0. The fourth-order valence-corrected chi connectivity index (χ4v) is 4.85. The normalized spacial score (nSPS) is 18.5. The molecule has 0 bridgehead atoms. The number of aryl methyl sites for hydroxylation is 1. The SMILES string of the molecule is COc1ccc(-c2cnn(C)c2)c2nc(NC(=O)N3CCC4(CC3)C(=O)NCCN4C)[nH]c12. The number of nitrogens with one attached hydrogen (secondary N) is 3. The topological polar surface area (TPSA) is 120 Å². The van der Waals surface area contributed by atoms with Crippen LogP contribution in [0.25, 0.3) is 22.2 Å². The van der Waals surface area contributed by atoms with E-state index in [1.165, 1.54) is 0 Å². The number of H-pyrrole nitrogens is 1. The van der Waals surface area contributed by atoms with Crippen molar-refractivity contribution >= 4 is 28.9 Å². The number of nitrogens with zero attached hydrogens (tertiary/aromatic N) is 5. The molecule has 5 rings (SSSR count). The zero-order valence-corrected chi connectivity index (χ0v) is 19.0. The molecule has 0 radical (unpaired) electrons. The minimum Gasteiger partial charge on any atom is -0.494 e. The fourth-order valence-electron chi connectivity index (χ4n) is 4.85. The largest absolute Gasteiger partial charge is 0.494 e. The van der Waals surface area contributed by atoms with Gasteiger partial charge in [0, 0.05) is 50.6 Å².